The molecule has 0 aliphatic rings. The molecular weight excluding hydrogens is 279 g/mol. The zero-order chi connectivity index (χ0) is 15.6. The predicted molar refractivity (Wildman–Crippen MR) is 88.7 cm³/mol. The van der Waals surface area contributed by atoms with Crippen LogP contribution in [0.1, 0.15) is 40.8 Å². The molecule has 2 unspecified atom stereocenters. The highest BCUT2D eigenvalue weighted by molar-refractivity contribution is 7.52. The van der Waals surface area contributed by atoms with E-state index in [2.05, 4.69) is 32.9 Å². The van der Waals surface area contributed by atoms with Crippen LogP contribution in [0.5, 0.6) is 0 Å². The molecule has 2 nitrogen and oxygen atoms in total. The van der Waals surface area contributed by atoms with Gasteiger partial charge >= 0.3 is 7.80 Å². The lowest BCUT2D eigenvalue weighted by atomic mass is 10.0. The highest BCUT2D eigenvalue weighted by Gasteiger charge is 2.27. The first-order valence-corrected chi connectivity index (χ1v) is 8.63. The molecule has 0 aromatic heterocycles. The second-order valence-corrected chi connectivity index (χ2v) is 7.20. The molecule has 0 aliphatic carbocycles. The van der Waals surface area contributed by atoms with E-state index in [0.717, 1.165) is 16.4 Å². The third kappa shape index (κ3) is 3.58. The van der Waals surface area contributed by atoms with E-state index in [1.807, 2.05) is 24.3 Å². The van der Waals surface area contributed by atoms with Crippen LogP contribution in [0.15, 0.2) is 36.4 Å². The van der Waals surface area contributed by atoms with Crippen LogP contribution >= 0.6 is 7.80 Å². The highest BCUT2D eigenvalue weighted by Crippen LogP contribution is 2.32. The largest absolute Gasteiger partial charge is 0.389 e. The maximum atomic E-state index is 12.8. The van der Waals surface area contributed by atoms with Gasteiger partial charge in [0.1, 0.15) is 0 Å². The minimum atomic E-state index is -1.56. The minimum Gasteiger partial charge on any atom is -0.389 e. The summed E-state index contributed by atoms with van der Waals surface area (Å²) in [5, 5.41) is 10.6. The number of hydrogen-bond donors (Lipinski definition) is 1. The van der Waals surface area contributed by atoms with Gasteiger partial charge in [-0.1, -0.05) is 40.5 Å². The first kappa shape index (κ1) is 15.9. The average molecular weight is 301 g/mol. The van der Waals surface area contributed by atoms with Crippen molar-refractivity contribution in [3.05, 3.63) is 64.2 Å². The molecule has 2 atom stereocenters. The Morgan fingerprint density at radius 3 is 2.24 bits per heavy atom. The van der Waals surface area contributed by atoms with Gasteiger partial charge in [0.25, 0.3) is 0 Å². The van der Waals surface area contributed by atoms with Crippen molar-refractivity contribution in [1.29, 1.82) is 0 Å². The Hall–Kier alpha value is -1.50. The summed E-state index contributed by atoms with van der Waals surface area (Å²) in [7, 11) is -1.56. The van der Waals surface area contributed by atoms with Gasteiger partial charge in [0.05, 0.1) is 6.10 Å². The standard InChI is InChI=1S/C18H22O2P/c1-12-9-13(2)17(14(3)10-12)11-21(20)18-8-6-5-7-16(18)15(4)19/h5-10,15,19H,11H2,1-4H3/q+1. The van der Waals surface area contributed by atoms with Crippen LogP contribution < -0.4 is 5.30 Å². The maximum Gasteiger partial charge on any atom is 0.382 e. The molecule has 0 saturated carbocycles. The van der Waals surface area contributed by atoms with Crippen LogP contribution in [0.2, 0.25) is 0 Å². The van der Waals surface area contributed by atoms with Crippen molar-refractivity contribution in [3.8, 4) is 0 Å². The zero-order valence-corrected chi connectivity index (χ0v) is 13.9. The Morgan fingerprint density at radius 1 is 1.10 bits per heavy atom. The van der Waals surface area contributed by atoms with Crippen molar-refractivity contribution >= 4 is 13.1 Å². The summed E-state index contributed by atoms with van der Waals surface area (Å²) in [4.78, 5) is 0. The molecular formula is C18H22O2P+. The van der Waals surface area contributed by atoms with Crippen LogP contribution in [0.25, 0.3) is 0 Å². The molecule has 21 heavy (non-hydrogen) atoms. The predicted octanol–water partition coefficient (Wildman–Crippen LogP) is 4.32. The molecule has 3 heteroatoms. The lowest BCUT2D eigenvalue weighted by molar-refractivity contribution is 0.200. The van der Waals surface area contributed by atoms with Crippen molar-refractivity contribution in [1.82, 2.24) is 0 Å². The van der Waals surface area contributed by atoms with E-state index < -0.39 is 13.9 Å². The number of rotatable bonds is 4. The number of hydrogen-bond acceptors (Lipinski definition) is 2. The van der Waals surface area contributed by atoms with Gasteiger partial charge in [-0.15, -0.1) is 0 Å². The lowest BCUT2D eigenvalue weighted by Gasteiger charge is -2.08. The Balaban J connectivity index is 2.36. The van der Waals surface area contributed by atoms with Gasteiger partial charge in [0, 0.05) is 11.1 Å². The molecule has 0 bridgehead atoms. The van der Waals surface area contributed by atoms with Crippen molar-refractivity contribution in [2.75, 3.05) is 0 Å². The smallest absolute Gasteiger partial charge is 0.382 e. The zero-order valence-electron chi connectivity index (χ0n) is 13.1. The molecule has 2 aromatic carbocycles. The molecule has 0 aliphatic heterocycles. The fraction of sp³-hybridized carbons (Fsp3) is 0.333. The van der Waals surface area contributed by atoms with E-state index in [9.17, 15) is 9.67 Å². The van der Waals surface area contributed by atoms with Crippen molar-refractivity contribution < 1.29 is 9.67 Å². The van der Waals surface area contributed by atoms with Crippen molar-refractivity contribution in [2.24, 2.45) is 0 Å². The van der Waals surface area contributed by atoms with Gasteiger partial charge in [-0.2, -0.15) is 0 Å². The molecule has 0 spiro atoms. The Kier molecular flexibility index (Phi) is 4.92. The second kappa shape index (κ2) is 6.51. The summed E-state index contributed by atoms with van der Waals surface area (Å²) in [6, 6.07) is 11.7. The molecule has 1 N–H and O–H groups in total. The summed E-state index contributed by atoms with van der Waals surface area (Å²) >= 11 is 0. The highest BCUT2D eigenvalue weighted by atomic mass is 31.1. The molecule has 110 valence electrons. The summed E-state index contributed by atoms with van der Waals surface area (Å²) in [6.45, 7) is 7.93. The maximum absolute atomic E-state index is 12.8. The summed E-state index contributed by atoms with van der Waals surface area (Å²) in [6.07, 6.45) is -0.0721. The topological polar surface area (TPSA) is 37.3 Å². The van der Waals surface area contributed by atoms with Crippen LogP contribution in [-0.2, 0) is 10.7 Å². The first-order chi connectivity index (χ1) is 9.90. The summed E-state index contributed by atoms with van der Waals surface area (Å²) in [5.41, 5.74) is 5.52. The van der Waals surface area contributed by atoms with Crippen LogP contribution in [-0.4, -0.2) is 5.11 Å². The number of benzene rings is 2. The molecule has 0 fully saturated rings. The van der Waals surface area contributed by atoms with E-state index in [1.165, 1.54) is 16.7 Å². The van der Waals surface area contributed by atoms with Gasteiger partial charge in [-0.25, -0.2) is 0 Å². The van der Waals surface area contributed by atoms with E-state index in [-0.39, 0.29) is 0 Å². The molecule has 0 amide bonds. The van der Waals surface area contributed by atoms with Crippen molar-refractivity contribution in [3.63, 3.8) is 0 Å². The van der Waals surface area contributed by atoms with Gasteiger partial charge in [0.15, 0.2) is 11.5 Å². The fourth-order valence-corrected chi connectivity index (χ4v) is 4.51. The van der Waals surface area contributed by atoms with E-state index >= 15 is 0 Å². The summed E-state index contributed by atoms with van der Waals surface area (Å²) in [5.74, 6) is 0. The lowest BCUT2D eigenvalue weighted by Crippen LogP contribution is -2.09. The van der Waals surface area contributed by atoms with Gasteiger partial charge < -0.3 is 5.11 Å². The molecule has 0 heterocycles. The third-order valence-electron chi connectivity index (χ3n) is 3.80. The Labute approximate surface area is 127 Å². The third-order valence-corrected chi connectivity index (χ3v) is 5.35. The number of aliphatic hydroxyl groups excluding tert-OH is 1. The molecule has 2 rings (SSSR count). The van der Waals surface area contributed by atoms with Crippen LogP contribution in [0.3, 0.4) is 0 Å². The van der Waals surface area contributed by atoms with Crippen LogP contribution in [0.4, 0.5) is 0 Å². The number of aryl methyl sites for hydroxylation is 3. The van der Waals surface area contributed by atoms with Crippen molar-refractivity contribution in [2.45, 2.75) is 40.0 Å². The number of aliphatic hydroxyl groups is 1. The van der Waals surface area contributed by atoms with Crippen LogP contribution in [0, 0.1) is 20.8 Å². The average Bonchev–Trinajstić information content (AvgIpc) is 2.42. The van der Waals surface area contributed by atoms with Gasteiger partial charge in [0.2, 0.25) is 0 Å². The molecule has 0 saturated heterocycles. The quantitative estimate of drug-likeness (QED) is 0.854. The monoisotopic (exact) mass is 301 g/mol. The second-order valence-electron chi connectivity index (χ2n) is 5.65. The Morgan fingerprint density at radius 2 is 1.67 bits per heavy atom. The van der Waals surface area contributed by atoms with E-state index in [1.54, 1.807) is 6.92 Å². The summed E-state index contributed by atoms with van der Waals surface area (Å²) < 4.78 is 12.8. The fourth-order valence-electron chi connectivity index (χ4n) is 2.76. The molecule has 0 radical (unpaired) electrons. The van der Waals surface area contributed by atoms with Gasteiger partial charge in [-0.3, -0.25) is 0 Å². The minimum absolute atomic E-state index is 0.525. The Bertz CT molecular complexity index is 652. The molecule has 2 aromatic rings. The normalized spacial score (nSPS) is 13.1. The van der Waals surface area contributed by atoms with E-state index in [4.69, 9.17) is 0 Å². The van der Waals surface area contributed by atoms with Gasteiger partial charge in [-0.05, 0) is 44.9 Å². The van der Waals surface area contributed by atoms with E-state index in [0.29, 0.717) is 6.16 Å². The SMILES string of the molecule is Cc1cc(C)c(C[P+](=O)c2ccccc2C(C)O)c(C)c1. The first-order valence-electron chi connectivity index (χ1n) is 7.18.